The average Bonchev–Trinajstić information content (AvgIpc) is 2.01. The van der Waals surface area contributed by atoms with Crippen LogP contribution < -0.4 is 11.1 Å². The molecule has 1 aromatic heterocycles. The van der Waals surface area contributed by atoms with Gasteiger partial charge in [0, 0.05) is 18.8 Å². The van der Waals surface area contributed by atoms with E-state index < -0.39 is 0 Å². The summed E-state index contributed by atoms with van der Waals surface area (Å²) in [4.78, 5) is 14.5. The second-order valence-corrected chi connectivity index (χ2v) is 2.49. The van der Waals surface area contributed by atoms with Crippen molar-refractivity contribution in [2.45, 2.75) is 13.5 Å². The molecular weight excluding hydrogens is 154 g/mol. The maximum atomic E-state index is 10.5. The molecule has 4 nitrogen and oxygen atoms in total. The van der Waals surface area contributed by atoms with Crippen molar-refractivity contribution in [3.63, 3.8) is 0 Å². The van der Waals surface area contributed by atoms with Gasteiger partial charge < -0.3 is 11.1 Å². The van der Waals surface area contributed by atoms with Crippen molar-refractivity contribution < 1.29 is 4.79 Å². The molecule has 0 aliphatic carbocycles. The third-order valence-electron chi connectivity index (χ3n) is 1.36. The van der Waals surface area contributed by atoms with Gasteiger partial charge in [0.1, 0.15) is 0 Å². The summed E-state index contributed by atoms with van der Waals surface area (Å²) < 4.78 is 0. The Hall–Kier alpha value is -1.58. The SMILES string of the molecule is CC(=O)NCc1cc(N)ccn1. The quantitative estimate of drug-likeness (QED) is 0.662. The molecular formula is C8H11N3O. The van der Waals surface area contributed by atoms with Gasteiger partial charge in [-0.2, -0.15) is 0 Å². The van der Waals surface area contributed by atoms with Crippen LogP contribution in [0, 0.1) is 0 Å². The van der Waals surface area contributed by atoms with Gasteiger partial charge in [-0.15, -0.1) is 0 Å². The van der Waals surface area contributed by atoms with Crippen molar-refractivity contribution in [1.82, 2.24) is 10.3 Å². The first-order chi connectivity index (χ1) is 5.68. The number of nitrogens with two attached hydrogens (primary N) is 1. The van der Waals surface area contributed by atoms with E-state index in [2.05, 4.69) is 10.3 Å². The summed E-state index contributed by atoms with van der Waals surface area (Å²) in [5.74, 6) is -0.0702. The van der Waals surface area contributed by atoms with Crippen LogP contribution in [0.5, 0.6) is 0 Å². The molecule has 12 heavy (non-hydrogen) atoms. The minimum Gasteiger partial charge on any atom is -0.399 e. The highest BCUT2D eigenvalue weighted by molar-refractivity contribution is 5.72. The summed E-state index contributed by atoms with van der Waals surface area (Å²) in [6.45, 7) is 1.90. The van der Waals surface area contributed by atoms with Crippen molar-refractivity contribution in [3.8, 4) is 0 Å². The molecule has 3 N–H and O–H groups in total. The second-order valence-electron chi connectivity index (χ2n) is 2.49. The van der Waals surface area contributed by atoms with Gasteiger partial charge in [0.25, 0.3) is 0 Å². The summed E-state index contributed by atoms with van der Waals surface area (Å²) in [6, 6.07) is 3.44. The van der Waals surface area contributed by atoms with Gasteiger partial charge >= 0.3 is 0 Å². The van der Waals surface area contributed by atoms with Crippen molar-refractivity contribution >= 4 is 11.6 Å². The maximum Gasteiger partial charge on any atom is 0.217 e. The van der Waals surface area contributed by atoms with Gasteiger partial charge in [0.2, 0.25) is 5.91 Å². The molecule has 0 aliphatic heterocycles. The zero-order valence-electron chi connectivity index (χ0n) is 6.87. The molecule has 1 aromatic rings. The minimum atomic E-state index is -0.0702. The van der Waals surface area contributed by atoms with Crippen LogP contribution in [-0.2, 0) is 11.3 Å². The molecule has 0 unspecified atom stereocenters. The van der Waals surface area contributed by atoms with E-state index in [1.165, 1.54) is 6.92 Å². The highest BCUT2D eigenvalue weighted by atomic mass is 16.1. The summed E-state index contributed by atoms with van der Waals surface area (Å²) >= 11 is 0. The van der Waals surface area contributed by atoms with Crippen LogP contribution in [0.3, 0.4) is 0 Å². The summed E-state index contributed by atoms with van der Waals surface area (Å²) in [5, 5.41) is 2.63. The van der Waals surface area contributed by atoms with Crippen LogP contribution >= 0.6 is 0 Å². The van der Waals surface area contributed by atoms with Crippen LogP contribution in [0.25, 0.3) is 0 Å². The zero-order valence-corrected chi connectivity index (χ0v) is 6.87. The van der Waals surface area contributed by atoms with E-state index in [-0.39, 0.29) is 5.91 Å². The molecule has 0 fully saturated rings. The summed E-state index contributed by atoms with van der Waals surface area (Å²) in [7, 11) is 0. The fraction of sp³-hybridized carbons (Fsp3) is 0.250. The predicted molar refractivity (Wildman–Crippen MR) is 46.2 cm³/mol. The molecule has 0 atom stereocenters. The normalized spacial score (nSPS) is 9.42. The maximum absolute atomic E-state index is 10.5. The number of hydrogen-bond acceptors (Lipinski definition) is 3. The highest BCUT2D eigenvalue weighted by Crippen LogP contribution is 2.01. The van der Waals surface area contributed by atoms with Crippen LogP contribution in [0.4, 0.5) is 5.69 Å². The Morgan fingerprint density at radius 1 is 1.75 bits per heavy atom. The van der Waals surface area contributed by atoms with Gasteiger partial charge in [0.05, 0.1) is 12.2 Å². The molecule has 1 heterocycles. The number of carbonyl (C=O) groups is 1. The van der Waals surface area contributed by atoms with E-state index in [0.29, 0.717) is 12.2 Å². The Morgan fingerprint density at radius 2 is 2.50 bits per heavy atom. The fourth-order valence-electron chi connectivity index (χ4n) is 0.809. The van der Waals surface area contributed by atoms with Gasteiger partial charge in [-0.05, 0) is 12.1 Å². The van der Waals surface area contributed by atoms with E-state index in [1.54, 1.807) is 18.3 Å². The lowest BCUT2D eigenvalue weighted by molar-refractivity contribution is -0.119. The number of amides is 1. The van der Waals surface area contributed by atoms with Gasteiger partial charge in [-0.1, -0.05) is 0 Å². The average molecular weight is 165 g/mol. The lowest BCUT2D eigenvalue weighted by Crippen LogP contribution is -2.19. The highest BCUT2D eigenvalue weighted by Gasteiger charge is 1.95. The Bertz CT molecular complexity index is 285. The molecule has 0 bridgehead atoms. The van der Waals surface area contributed by atoms with Crippen LogP contribution in [0.2, 0.25) is 0 Å². The van der Waals surface area contributed by atoms with E-state index in [9.17, 15) is 4.79 Å². The Balaban J connectivity index is 2.57. The number of rotatable bonds is 2. The number of aromatic nitrogens is 1. The molecule has 0 aliphatic rings. The number of carbonyl (C=O) groups excluding carboxylic acids is 1. The van der Waals surface area contributed by atoms with Crippen molar-refractivity contribution in [2.24, 2.45) is 0 Å². The van der Waals surface area contributed by atoms with E-state index in [4.69, 9.17) is 5.73 Å². The molecule has 0 saturated heterocycles. The number of hydrogen-bond donors (Lipinski definition) is 2. The topological polar surface area (TPSA) is 68.0 Å². The van der Waals surface area contributed by atoms with Crippen molar-refractivity contribution in [1.29, 1.82) is 0 Å². The summed E-state index contributed by atoms with van der Waals surface area (Å²) in [6.07, 6.45) is 1.62. The van der Waals surface area contributed by atoms with Crippen molar-refractivity contribution in [3.05, 3.63) is 24.0 Å². The van der Waals surface area contributed by atoms with Crippen LogP contribution in [0.1, 0.15) is 12.6 Å². The monoisotopic (exact) mass is 165 g/mol. The molecule has 0 aromatic carbocycles. The Kier molecular flexibility index (Phi) is 2.63. The number of nitrogen functional groups attached to an aromatic ring is 1. The van der Waals surface area contributed by atoms with Gasteiger partial charge in [-0.25, -0.2) is 0 Å². The molecule has 0 spiro atoms. The Morgan fingerprint density at radius 3 is 3.08 bits per heavy atom. The molecule has 0 saturated carbocycles. The van der Waals surface area contributed by atoms with E-state index in [0.717, 1.165) is 5.69 Å². The first-order valence-corrected chi connectivity index (χ1v) is 3.63. The van der Waals surface area contributed by atoms with E-state index >= 15 is 0 Å². The van der Waals surface area contributed by atoms with Crippen LogP contribution in [0.15, 0.2) is 18.3 Å². The van der Waals surface area contributed by atoms with Gasteiger partial charge in [-0.3, -0.25) is 9.78 Å². The smallest absolute Gasteiger partial charge is 0.217 e. The second kappa shape index (κ2) is 3.71. The largest absolute Gasteiger partial charge is 0.399 e. The van der Waals surface area contributed by atoms with E-state index in [1.807, 2.05) is 0 Å². The zero-order chi connectivity index (χ0) is 8.97. The fourth-order valence-corrected chi connectivity index (χ4v) is 0.809. The number of pyridine rings is 1. The number of anilines is 1. The third-order valence-corrected chi connectivity index (χ3v) is 1.36. The predicted octanol–water partition coefficient (Wildman–Crippen LogP) is 0.300. The Labute approximate surface area is 70.8 Å². The molecule has 1 amide bonds. The van der Waals surface area contributed by atoms with Crippen molar-refractivity contribution in [2.75, 3.05) is 5.73 Å². The standard InChI is InChI=1S/C8H11N3O/c1-6(12)11-5-8-4-7(9)2-3-10-8/h2-4H,5H2,1H3,(H2,9,10)(H,11,12). The minimum absolute atomic E-state index is 0.0702. The molecule has 1 rings (SSSR count). The first-order valence-electron chi connectivity index (χ1n) is 3.63. The third kappa shape index (κ3) is 2.57. The number of nitrogens with zero attached hydrogens (tertiary/aromatic N) is 1. The summed E-state index contributed by atoms with van der Waals surface area (Å²) in [5.41, 5.74) is 6.94. The lowest BCUT2D eigenvalue weighted by Gasteiger charge is -2.01. The number of nitrogens with one attached hydrogen (secondary N) is 1. The molecule has 64 valence electrons. The van der Waals surface area contributed by atoms with Crippen LogP contribution in [-0.4, -0.2) is 10.9 Å². The first kappa shape index (κ1) is 8.52. The molecule has 0 radical (unpaired) electrons. The van der Waals surface area contributed by atoms with Gasteiger partial charge in [0.15, 0.2) is 0 Å². The molecule has 4 heteroatoms. The lowest BCUT2D eigenvalue weighted by atomic mass is 10.3.